The summed E-state index contributed by atoms with van der Waals surface area (Å²) in [6, 6.07) is 11.3. The van der Waals surface area contributed by atoms with Crippen LogP contribution in [0.4, 0.5) is 5.69 Å². The fourth-order valence-electron chi connectivity index (χ4n) is 1.48. The first-order valence-corrected chi connectivity index (χ1v) is 4.76. The Labute approximate surface area is 93.0 Å². The first-order chi connectivity index (χ1) is 7.65. The molecule has 16 heavy (non-hydrogen) atoms. The van der Waals surface area contributed by atoms with Gasteiger partial charge in [0, 0.05) is 11.3 Å². The summed E-state index contributed by atoms with van der Waals surface area (Å²) in [6.07, 6.45) is 0. The topological polar surface area (TPSA) is 69.1 Å². The molecule has 0 aliphatic heterocycles. The van der Waals surface area contributed by atoms with E-state index in [1.54, 1.807) is 0 Å². The predicted octanol–water partition coefficient (Wildman–Crippen LogP) is 1.26. The predicted molar refractivity (Wildman–Crippen MR) is 64.4 cm³/mol. The van der Waals surface area contributed by atoms with E-state index in [9.17, 15) is 4.79 Å². The molecule has 0 aliphatic rings. The molecular weight excluding hydrogens is 200 g/mol. The summed E-state index contributed by atoms with van der Waals surface area (Å²) >= 11 is 0. The minimum Gasteiger partial charge on any atom is -0.399 e. The van der Waals surface area contributed by atoms with Crippen molar-refractivity contribution in [2.75, 3.05) is 5.73 Å². The molecule has 0 spiro atoms. The van der Waals surface area contributed by atoms with Crippen molar-refractivity contribution in [1.29, 1.82) is 0 Å². The number of anilines is 1. The van der Waals surface area contributed by atoms with Crippen LogP contribution in [0.15, 0.2) is 36.4 Å². The molecule has 78 valence electrons. The second-order valence-electron chi connectivity index (χ2n) is 3.44. The quantitative estimate of drug-likeness (QED) is 0.507. The van der Waals surface area contributed by atoms with Crippen LogP contribution in [-0.4, -0.2) is 5.91 Å². The van der Waals surface area contributed by atoms with Crippen LogP contribution in [0.25, 0.3) is 10.8 Å². The number of nitrogen functional groups attached to an aromatic ring is 1. The molecule has 0 unspecified atom stereocenters. The Balaban J connectivity index is 2.50. The number of primary amides is 1. The molecule has 2 aromatic carbocycles. The van der Waals surface area contributed by atoms with Crippen molar-refractivity contribution in [3.05, 3.63) is 42.0 Å². The SMILES string of the molecule is NC(=O)C#Cc1ccc2cc(N)ccc2c1. The van der Waals surface area contributed by atoms with Gasteiger partial charge in [0.05, 0.1) is 0 Å². The van der Waals surface area contributed by atoms with Crippen LogP contribution in [0.1, 0.15) is 5.56 Å². The Hall–Kier alpha value is -2.47. The molecule has 1 amide bonds. The largest absolute Gasteiger partial charge is 0.399 e. The third-order valence-electron chi connectivity index (χ3n) is 2.19. The maximum Gasteiger partial charge on any atom is 0.293 e. The van der Waals surface area contributed by atoms with Crippen molar-refractivity contribution in [1.82, 2.24) is 0 Å². The Morgan fingerprint density at radius 3 is 2.50 bits per heavy atom. The van der Waals surface area contributed by atoms with Crippen LogP contribution in [0.3, 0.4) is 0 Å². The van der Waals surface area contributed by atoms with E-state index in [2.05, 4.69) is 11.8 Å². The lowest BCUT2D eigenvalue weighted by Gasteiger charge is -1.99. The Bertz CT molecular complexity index is 621. The molecule has 3 nitrogen and oxygen atoms in total. The first kappa shape index (κ1) is 10.1. The van der Waals surface area contributed by atoms with E-state index in [4.69, 9.17) is 11.5 Å². The number of hydrogen-bond acceptors (Lipinski definition) is 2. The van der Waals surface area contributed by atoms with Crippen LogP contribution in [0.2, 0.25) is 0 Å². The lowest BCUT2D eigenvalue weighted by molar-refractivity contribution is -0.112. The van der Waals surface area contributed by atoms with Gasteiger partial charge in [0.15, 0.2) is 0 Å². The van der Waals surface area contributed by atoms with E-state index in [0.717, 1.165) is 22.0 Å². The van der Waals surface area contributed by atoms with Crippen molar-refractivity contribution in [3.63, 3.8) is 0 Å². The fourth-order valence-corrected chi connectivity index (χ4v) is 1.48. The van der Waals surface area contributed by atoms with Crippen LogP contribution in [0, 0.1) is 11.8 Å². The zero-order valence-corrected chi connectivity index (χ0v) is 8.53. The van der Waals surface area contributed by atoms with Gasteiger partial charge in [0.1, 0.15) is 0 Å². The van der Waals surface area contributed by atoms with Gasteiger partial charge in [-0.2, -0.15) is 0 Å². The molecule has 0 heterocycles. The van der Waals surface area contributed by atoms with Gasteiger partial charge in [-0.25, -0.2) is 0 Å². The maximum absolute atomic E-state index is 10.5. The molecular formula is C13H10N2O. The van der Waals surface area contributed by atoms with Gasteiger partial charge < -0.3 is 11.5 Å². The molecule has 0 fully saturated rings. The lowest BCUT2D eigenvalue weighted by atomic mass is 10.1. The molecule has 2 aromatic rings. The normalized spacial score (nSPS) is 9.50. The number of benzene rings is 2. The Kier molecular flexibility index (Phi) is 2.49. The average Bonchev–Trinajstić information content (AvgIpc) is 2.26. The number of carbonyl (C=O) groups excluding carboxylic acids is 1. The van der Waals surface area contributed by atoms with E-state index < -0.39 is 5.91 Å². The average molecular weight is 210 g/mol. The van der Waals surface area contributed by atoms with Crippen LogP contribution >= 0.6 is 0 Å². The van der Waals surface area contributed by atoms with Crippen molar-refractivity contribution >= 4 is 22.4 Å². The Morgan fingerprint density at radius 2 is 1.75 bits per heavy atom. The zero-order valence-electron chi connectivity index (χ0n) is 8.53. The molecule has 0 bridgehead atoms. The monoisotopic (exact) mass is 210 g/mol. The van der Waals surface area contributed by atoms with Crippen molar-refractivity contribution < 1.29 is 4.79 Å². The lowest BCUT2D eigenvalue weighted by Crippen LogP contribution is -2.06. The zero-order chi connectivity index (χ0) is 11.5. The van der Waals surface area contributed by atoms with Crippen molar-refractivity contribution in [2.24, 2.45) is 5.73 Å². The third kappa shape index (κ3) is 2.12. The molecule has 0 aromatic heterocycles. The first-order valence-electron chi connectivity index (χ1n) is 4.76. The molecule has 3 heteroatoms. The minimum absolute atomic E-state index is 0.627. The summed E-state index contributed by atoms with van der Waals surface area (Å²) in [7, 11) is 0. The van der Waals surface area contributed by atoms with Gasteiger partial charge in [-0.15, -0.1) is 0 Å². The van der Waals surface area contributed by atoms with Crippen molar-refractivity contribution in [3.8, 4) is 11.8 Å². The molecule has 0 saturated heterocycles. The second-order valence-corrected chi connectivity index (χ2v) is 3.44. The summed E-state index contributed by atoms with van der Waals surface area (Å²) in [6.45, 7) is 0. The van der Waals surface area contributed by atoms with Gasteiger partial charge >= 0.3 is 0 Å². The van der Waals surface area contributed by atoms with Gasteiger partial charge in [-0.1, -0.05) is 18.1 Å². The van der Waals surface area contributed by atoms with E-state index in [-0.39, 0.29) is 0 Å². The summed E-state index contributed by atoms with van der Waals surface area (Å²) in [5.74, 6) is 4.37. The summed E-state index contributed by atoms with van der Waals surface area (Å²) in [5, 5.41) is 2.08. The maximum atomic E-state index is 10.5. The molecule has 4 N–H and O–H groups in total. The van der Waals surface area contributed by atoms with E-state index in [1.807, 2.05) is 36.4 Å². The molecule has 0 radical (unpaired) electrons. The van der Waals surface area contributed by atoms with Crippen LogP contribution in [0.5, 0.6) is 0 Å². The van der Waals surface area contributed by atoms with E-state index in [1.165, 1.54) is 0 Å². The van der Waals surface area contributed by atoms with E-state index >= 15 is 0 Å². The molecule has 2 rings (SSSR count). The van der Waals surface area contributed by atoms with Crippen LogP contribution < -0.4 is 11.5 Å². The minimum atomic E-state index is -0.627. The van der Waals surface area contributed by atoms with E-state index in [0.29, 0.717) is 0 Å². The summed E-state index contributed by atoms with van der Waals surface area (Å²) in [4.78, 5) is 10.5. The Morgan fingerprint density at radius 1 is 1.06 bits per heavy atom. The highest BCUT2D eigenvalue weighted by Gasteiger charge is 1.95. The summed E-state index contributed by atoms with van der Waals surface area (Å²) < 4.78 is 0. The number of rotatable bonds is 0. The number of nitrogens with two attached hydrogens (primary N) is 2. The number of hydrogen-bond donors (Lipinski definition) is 2. The van der Waals surface area contributed by atoms with Gasteiger partial charge in [-0.05, 0) is 41.0 Å². The fraction of sp³-hybridized carbons (Fsp3) is 0. The number of fused-ring (bicyclic) bond motifs is 1. The highest BCUT2D eigenvalue weighted by atomic mass is 16.1. The molecule has 0 aliphatic carbocycles. The van der Waals surface area contributed by atoms with Crippen molar-refractivity contribution in [2.45, 2.75) is 0 Å². The highest BCUT2D eigenvalue weighted by molar-refractivity contribution is 5.93. The molecule has 0 saturated carbocycles. The van der Waals surface area contributed by atoms with Crippen LogP contribution in [-0.2, 0) is 4.79 Å². The standard InChI is InChI=1S/C13H10N2O/c14-12-5-4-10-7-9(2-6-13(15)16)1-3-11(10)8-12/h1,3-5,7-8H,14H2,(H2,15,16). The second kappa shape index (κ2) is 3.95. The number of carbonyl (C=O) groups is 1. The van der Waals surface area contributed by atoms with Gasteiger partial charge in [-0.3, -0.25) is 4.79 Å². The highest BCUT2D eigenvalue weighted by Crippen LogP contribution is 2.18. The van der Waals surface area contributed by atoms with Gasteiger partial charge in [0.25, 0.3) is 5.91 Å². The summed E-state index contributed by atoms with van der Waals surface area (Å²) in [5.41, 5.74) is 12.1. The smallest absolute Gasteiger partial charge is 0.293 e. The molecule has 0 atom stereocenters. The number of amides is 1. The van der Waals surface area contributed by atoms with Gasteiger partial charge in [0.2, 0.25) is 0 Å². The third-order valence-corrected chi connectivity index (χ3v) is 2.19.